The summed E-state index contributed by atoms with van der Waals surface area (Å²) in [5.41, 5.74) is 8.36. The molecule has 2 N–H and O–H groups in total. The standard InChI is InChI=1S/C19H19F2N5O/c1-11-8-15-16(10-23-11)24-18(22)19(25-15)26-6-4-13(5-7-26)27-17-3-2-12(20)9-14(17)21/h2-3,8-10,13H,4-7H2,1H3,(H2,22,24). The molecule has 8 heteroatoms. The Labute approximate surface area is 155 Å². The van der Waals surface area contributed by atoms with Crippen LogP contribution in [0.4, 0.5) is 20.4 Å². The number of hydrogen-bond donors (Lipinski definition) is 1. The smallest absolute Gasteiger partial charge is 0.172 e. The summed E-state index contributed by atoms with van der Waals surface area (Å²) in [5, 5.41) is 0. The van der Waals surface area contributed by atoms with Crippen molar-refractivity contribution in [3.8, 4) is 5.75 Å². The second kappa shape index (κ2) is 6.94. The third-order valence-electron chi connectivity index (χ3n) is 4.62. The summed E-state index contributed by atoms with van der Waals surface area (Å²) in [6.07, 6.45) is 2.86. The maximum absolute atomic E-state index is 13.8. The summed E-state index contributed by atoms with van der Waals surface area (Å²) >= 11 is 0. The molecule has 3 aromatic rings. The molecule has 6 nitrogen and oxygen atoms in total. The van der Waals surface area contributed by atoms with Gasteiger partial charge in [-0.3, -0.25) is 4.98 Å². The molecule has 1 fully saturated rings. The topological polar surface area (TPSA) is 77.2 Å². The number of piperidine rings is 1. The zero-order chi connectivity index (χ0) is 19.0. The summed E-state index contributed by atoms with van der Waals surface area (Å²) in [7, 11) is 0. The van der Waals surface area contributed by atoms with E-state index >= 15 is 0 Å². The number of fused-ring (bicyclic) bond motifs is 1. The summed E-state index contributed by atoms with van der Waals surface area (Å²) in [6, 6.07) is 5.21. The molecule has 1 aromatic carbocycles. The van der Waals surface area contributed by atoms with Gasteiger partial charge < -0.3 is 15.4 Å². The lowest BCUT2D eigenvalue weighted by molar-refractivity contribution is 0.163. The van der Waals surface area contributed by atoms with E-state index in [9.17, 15) is 8.78 Å². The molecule has 0 atom stereocenters. The molecule has 2 aromatic heterocycles. The van der Waals surface area contributed by atoms with Crippen LogP contribution < -0.4 is 15.4 Å². The number of ether oxygens (including phenoxy) is 1. The highest BCUT2D eigenvalue weighted by molar-refractivity contribution is 5.79. The van der Waals surface area contributed by atoms with Crippen molar-refractivity contribution in [3.05, 3.63) is 47.8 Å². The monoisotopic (exact) mass is 371 g/mol. The number of anilines is 2. The number of pyridine rings is 1. The molecule has 1 aliphatic rings. The van der Waals surface area contributed by atoms with Gasteiger partial charge >= 0.3 is 0 Å². The van der Waals surface area contributed by atoms with E-state index in [2.05, 4.69) is 19.9 Å². The van der Waals surface area contributed by atoms with E-state index < -0.39 is 11.6 Å². The van der Waals surface area contributed by atoms with Crippen molar-refractivity contribution >= 4 is 22.7 Å². The number of nitrogens with two attached hydrogens (primary N) is 1. The van der Waals surface area contributed by atoms with Crippen molar-refractivity contribution in [2.75, 3.05) is 23.7 Å². The predicted molar refractivity (Wildman–Crippen MR) is 98.7 cm³/mol. The zero-order valence-electron chi connectivity index (χ0n) is 14.8. The number of aryl methyl sites for hydroxylation is 1. The Morgan fingerprint density at radius 1 is 1.11 bits per heavy atom. The fourth-order valence-electron chi connectivity index (χ4n) is 3.23. The first-order chi connectivity index (χ1) is 13.0. The van der Waals surface area contributed by atoms with E-state index in [-0.39, 0.29) is 11.9 Å². The minimum atomic E-state index is -0.689. The number of halogens is 2. The normalized spacial score (nSPS) is 15.3. The second-order valence-corrected chi connectivity index (χ2v) is 6.63. The number of nitrogens with zero attached hydrogens (tertiary/aromatic N) is 4. The average Bonchev–Trinajstić information content (AvgIpc) is 2.64. The van der Waals surface area contributed by atoms with Crippen LogP contribution in [0.5, 0.6) is 5.75 Å². The Morgan fingerprint density at radius 3 is 2.63 bits per heavy atom. The van der Waals surface area contributed by atoms with Gasteiger partial charge in [0.2, 0.25) is 0 Å². The molecule has 0 spiro atoms. The Bertz CT molecular complexity index is 989. The van der Waals surface area contributed by atoms with Crippen molar-refractivity contribution in [1.29, 1.82) is 0 Å². The number of rotatable bonds is 3. The number of nitrogen functional groups attached to an aromatic ring is 1. The minimum absolute atomic E-state index is 0.0721. The van der Waals surface area contributed by atoms with Gasteiger partial charge in [-0.15, -0.1) is 0 Å². The van der Waals surface area contributed by atoms with E-state index in [0.29, 0.717) is 43.1 Å². The highest BCUT2D eigenvalue weighted by atomic mass is 19.1. The van der Waals surface area contributed by atoms with Crippen molar-refractivity contribution in [1.82, 2.24) is 15.0 Å². The van der Waals surface area contributed by atoms with E-state index in [1.807, 2.05) is 13.0 Å². The molecule has 140 valence electrons. The van der Waals surface area contributed by atoms with E-state index in [0.717, 1.165) is 17.3 Å². The highest BCUT2D eigenvalue weighted by Gasteiger charge is 2.24. The van der Waals surface area contributed by atoms with Crippen LogP contribution in [0.15, 0.2) is 30.5 Å². The van der Waals surface area contributed by atoms with Gasteiger partial charge in [0, 0.05) is 37.7 Å². The molecule has 1 saturated heterocycles. The van der Waals surface area contributed by atoms with Gasteiger partial charge in [0.15, 0.2) is 23.2 Å². The van der Waals surface area contributed by atoms with Crippen LogP contribution in [-0.4, -0.2) is 34.1 Å². The summed E-state index contributed by atoms with van der Waals surface area (Å²) in [4.78, 5) is 15.3. The maximum atomic E-state index is 13.8. The lowest BCUT2D eigenvalue weighted by atomic mass is 10.1. The van der Waals surface area contributed by atoms with Crippen LogP contribution in [0.1, 0.15) is 18.5 Å². The fourth-order valence-corrected chi connectivity index (χ4v) is 3.23. The van der Waals surface area contributed by atoms with E-state index in [1.54, 1.807) is 6.20 Å². The third-order valence-corrected chi connectivity index (χ3v) is 4.62. The molecule has 27 heavy (non-hydrogen) atoms. The van der Waals surface area contributed by atoms with Gasteiger partial charge in [0.1, 0.15) is 17.4 Å². The summed E-state index contributed by atoms with van der Waals surface area (Å²) < 4.78 is 32.5. The molecule has 1 aliphatic heterocycles. The molecular weight excluding hydrogens is 352 g/mol. The highest BCUT2D eigenvalue weighted by Crippen LogP contribution is 2.28. The zero-order valence-corrected chi connectivity index (χ0v) is 14.8. The predicted octanol–water partition coefficient (Wildman–Crippen LogP) is 3.24. The third kappa shape index (κ3) is 3.60. The van der Waals surface area contributed by atoms with Gasteiger partial charge in [0.05, 0.1) is 11.7 Å². The molecule has 0 saturated carbocycles. The van der Waals surface area contributed by atoms with Crippen molar-refractivity contribution < 1.29 is 13.5 Å². The van der Waals surface area contributed by atoms with Crippen LogP contribution in [-0.2, 0) is 0 Å². The van der Waals surface area contributed by atoms with E-state index in [1.165, 1.54) is 12.1 Å². The number of benzene rings is 1. The Kier molecular flexibility index (Phi) is 4.47. The van der Waals surface area contributed by atoms with Crippen molar-refractivity contribution in [3.63, 3.8) is 0 Å². The average molecular weight is 371 g/mol. The lowest BCUT2D eigenvalue weighted by Crippen LogP contribution is -2.39. The number of aromatic nitrogens is 3. The maximum Gasteiger partial charge on any atom is 0.172 e. The lowest BCUT2D eigenvalue weighted by Gasteiger charge is -2.33. The van der Waals surface area contributed by atoms with Gasteiger partial charge in [-0.25, -0.2) is 18.7 Å². The molecule has 4 rings (SSSR count). The largest absolute Gasteiger partial charge is 0.487 e. The van der Waals surface area contributed by atoms with Crippen LogP contribution in [0.25, 0.3) is 11.0 Å². The SMILES string of the molecule is Cc1cc2nc(N3CCC(Oc4ccc(F)cc4F)CC3)c(N)nc2cn1. The molecule has 3 heterocycles. The van der Waals surface area contributed by atoms with Crippen LogP contribution >= 0.6 is 0 Å². The van der Waals surface area contributed by atoms with Crippen LogP contribution in [0.2, 0.25) is 0 Å². The van der Waals surface area contributed by atoms with E-state index in [4.69, 9.17) is 10.5 Å². The minimum Gasteiger partial charge on any atom is -0.487 e. The van der Waals surface area contributed by atoms with Crippen LogP contribution in [0, 0.1) is 18.6 Å². The van der Waals surface area contributed by atoms with Crippen molar-refractivity contribution in [2.24, 2.45) is 0 Å². The molecule has 0 bridgehead atoms. The van der Waals surface area contributed by atoms with Gasteiger partial charge in [-0.1, -0.05) is 0 Å². The Hall–Kier alpha value is -3.03. The first kappa shape index (κ1) is 17.4. The molecular formula is C19H19F2N5O. The molecule has 0 amide bonds. The molecule has 0 aliphatic carbocycles. The van der Waals surface area contributed by atoms with Crippen LogP contribution in [0.3, 0.4) is 0 Å². The first-order valence-electron chi connectivity index (χ1n) is 8.76. The van der Waals surface area contributed by atoms with Gasteiger partial charge in [-0.2, -0.15) is 0 Å². The van der Waals surface area contributed by atoms with Gasteiger partial charge in [0.25, 0.3) is 0 Å². The second-order valence-electron chi connectivity index (χ2n) is 6.63. The summed E-state index contributed by atoms with van der Waals surface area (Å²) in [5.74, 6) is -0.240. The fraction of sp³-hybridized carbons (Fsp3) is 0.316. The van der Waals surface area contributed by atoms with Gasteiger partial charge in [-0.05, 0) is 25.1 Å². The van der Waals surface area contributed by atoms with Crippen molar-refractivity contribution in [2.45, 2.75) is 25.9 Å². The first-order valence-corrected chi connectivity index (χ1v) is 8.76. The Morgan fingerprint density at radius 2 is 1.89 bits per heavy atom. The number of hydrogen-bond acceptors (Lipinski definition) is 6. The molecule has 0 unspecified atom stereocenters. The molecule has 0 radical (unpaired) electrons. The Balaban J connectivity index is 1.47. The quantitative estimate of drug-likeness (QED) is 0.762. The summed E-state index contributed by atoms with van der Waals surface area (Å²) in [6.45, 7) is 3.21.